The molecule has 0 aliphatic carbocycles. The number of hydrogen-bond acceptors (Lipinski definition) is 4. The van der Waals surface area contributed by atoms with Crippen LogP contribution in [0.4, 0.5) is 11.4 Å². The molecule has 0 amide bonds. The molecule has 2 aromatic carbocycles. The van der Waals surface area contributed by atoms with E-state index in [-0.39, 0.29) is 0 Å². The van der Waals surface area contributed by atoms with Gasteiger partial charge in [-0.15, -0.1) is 0 Å². The molecule has 4 aromatic rings. The molecule has 0 fully saturated rings. The van der Waals surface area contributed by atoms with Gasteiger partial charge in [0.2, 0.25) is 0 Å². The molecule has 30 heavy (non-hydrogen) atoms. The van der Waals surface area contributed by atoms with E-state index in [0.29, 0.717) is 0 Å². The number of benzene rings is 2. The van der Waals surface area contributed by atoms with Crippen LogP contribution in [0.5, 0.6) is 0 Å². The van der Waals surface area contributed by atoms with Gasteiger partial charge in [-0.3, -0.25) is 9.97 Å². The smallest absolute Gasteiger partial charge is 0.0857 e. The van der Waals surface area contributed by atoms with Crippen molar-refractivity contribution in [2.75, 3.05) is 0 Å². The van der Waals surface area contributed by atoms with Gasteiger partial charge < -0.3 is 0 Å². The van der Waals surface area contributed by atoms with E-state index in [4.69, 9.17) is 0 Å². The molecule has 0 atom stereocenters. The minimum atomic E-state index is 0.826. The van der Waals surface area contributed by atoms with E-state index in [1.807, 2.05) is 50.5 Å². The Morgan fingerprint density at radius 2 is 0.900 bits per heavy atom. The summed E-state index contributed by atoms with van der Waals surface area (Å²) in [5, 5.41) is 8.78. The summed E-state index contributed by atoms with van der Waals surface area (Å²) in [7, 11) is 0. The Kier molecular flexibility index (Phi) is 5.48. The van der Waals surface area contributed by atoms with Crippen molar-refractivity contribution in [3.05, 3.63) is 95.6 Å². The van der Waals surface area contributed by atoms with Crippen LogP contribution in [0.1, 0.15) is 22.5 Å². The molecular weight excluding hydrogens is 368 g/mol. The van der Waals surface area contributed by atoms with Gasteiger partial charge in [-0.2, -0.15) is 10.2 Å². The maximum atomic E-state index is 4.39. The van der Waals surface area contributed by atoms with Crippen LogP contribution in [0.25, 0.3) is 22.3 Å². The summed E-state index contributed by atoms with van der Waals surface area (Å²) in [5.41, 5.74) is 10.7. The van der Waals surface area contributed by atoms with Crippen LogP contribution in [-0.2, 0) is 0 Å². The highest BCUT2D eigenvalue weighted by atomic mass is 15.1. The van der Waals surface area contributed by atoms with E-state index in [1.54, 1.807) is 0 Å². The second-order valence-electron chi connectivity index (χ2n) is 7.57. The minimum Gasteiger partial charge on any atom is -0.261 e. The Morgan fingerprint density at radius 1 is 0.533 bits per heavy atom. The lowest BCUT2D eigenvalue weighted by molar-refractivity contribution is 1.17. The highest BCUT2D eigenvalue weighted by Gasteiger charge is 2.04. The van der Waals surface area contributed by atoms with E-state index in [9.17, 15) is 0 Å². The molecule has 4 rings (SSSR count). The van der Waals surface area contributed by atoms with Gasteiger partial charge in [0.1, 0.15) is 0 Å². The SMILES string of the molecule is Cc1cc(-c2ccc(N=Nc3ccc(-c4cc(C)ncc4C)cc3)cc2)c(C)cn1. The van der Waals surface area contributed by atoms with E-state index >= 15 is 0 Å². The average molecular weight is 393 g/mol. The molecule has 0 radical (unpaired) electrons. The van der Waals surface area contributed by atoms with E-state index in [0.717, 1.165) is 45.0 Å². The molecule has 0 N–H and O–H groups in total. The lowest BCUT2D eigenvalue weighted by Gasteiger charge is -2.07. The third-order valence-electron chi connectivity index (χ3n) is 5.12. The quantitative estimate of drug-likeness (QED) is 0.338. The molecule has 2 aromatic heterocycles. The van der Waals surface area contributed by atoms with Crippen molar-refractivity contribution in [2.45, 2.75) is 27.7 Å². The summed E-state index contributed by atoms with van der Waals surface area (Å²) in [6.07, 6.45) is 3.83. The van der Waals surface area contributed by atoms with Crippen LogP contribution < -0.4 is 0 Å². The number of aromatic nitrogens is 2. The molecule has 148 valence electrons. The van der Waals surface area contributed by atoms with Crippen molar-refractivity contribution < 1.29 is 0 Å². The van der Waals surface area contributed by atoms with E-state index in [2.05, 4.69) is 70.4 Å². The zero-order valence-corrected chi connectivity index (χ0v) is 17.7. The molecule has 4 heteroatoms. The molecule has 2 heterocycles. The molecular formula is C26H24N4. The van der Waals surface area contributed by atoms with E-state index in [1.165, 1.54) is 11.1 Å². The first-order valence-electron chi connectivity index (χ1n) is 9.99. The molecule has 0 spiro atoms. The molecule has 0 saturated carbocycles. The van der Waals surface area contributed by atoms with Gasteiger partial charge in [-0.1, -0.05) is 24.3 Å². The summed E-state index contributed by atoms with van der Waals surface area (Å²) < 4.78 is 0. The van der Waals surface area contributed by atoms with Gasteiger partial charge in [-0.25, -0.2) is 0 Å². The van der Waals surface area contributed by atoms with Gasteiger partial charge in [0.05, 0.1) is 11.4 Å². The van der Waals surface area contributed by atoms with Crippen LogP contribution >= 0.6 is 0 Å². The summed E-state index contributed by atoms with van der Waals surface area (Å²) in [5.74, 6) is 0. The van der Waals surface area contributed by atoms with Gasteiger partial charge in [-0.05, 0) is 97.5 Å². The number of pyridine rings is 2. The fraction of sp³-hybridized carbons (Fsp3) is 0.154. The van der Waals surface area contributed by atoms with Gasteiger partial charge in [0.25, 0.3) is 0 Å². The third kappa shape index (κ3) is 4.33. The monoisotopic (exact) mass is 392 g/mol. The van der Waals surface area contributed by atoms with Gasteiger partial charge in [0, 0.05) is 23.8 Å². The van der Waals surface area contributed by atoms with Crippen molar-refractivity contribution in [3.63, 3.8) is 0 Å². The Balaban J connectivity index is 1.51. The lowest BCUT2D eigenvalue weighted by atomic mass is 10.0. The molecule has 0 bridgehead atoms. The van der Waals surface area contributed by atoms with Crippen molar-refractivity contribution in [2.24, 2.45) is 10.2 Å². The summed E-state index contributed by atoms with van der Waals surface area (Å²) in [6.45, 7) is 8.17. The Labute approximate surface area is 177 Å². The molecule has 0 unspecified atom stereocenters. The van der Waals surface area contributed by atoms with Crippen LogP contribution in [0.15, 0.2) is 83.3 Å². The Morgan fingerprint density at radius 3 is 1.27 bits per heavy atom. The van der Waals surface area contributed by atoms with Crippen molar-refractivity contribution in [1.82, 2.24) is 9.97 Å². The number of aryl methyl sites for hydroxylation is 4. The number of hydrogen-bond donors (Lipinski definition) is 0. The number of nitrogens with zero attached hydrogens (tertiary/aromatic N) is 4. The summed E-state index contributed by atoms with van der Waals surface area (Å²) in [4.78, 5) is 8.69. The van der Waals surface area contributed by atoms with E-state index < -0.39 is 0 Å². The topological polar surface area (TPSA) is 50.5 Å². The normalized spacial score (nSPS) is 11.2. The lowest BCUT2D eigenvalue weighted by Crippen LogP contribution is -1.88. The zero-order valence-electron chi connectivity index (χ0n) is 17.7. The molecule has 0 saturated heterocycles. The van der Waals surface area contributed by atoms with Gasteiger partial charge in [0.15, 0.2) is 0 Å². The fourth-order valence-electron chi connectivity index (χ4n) is 3.41. The first kappa shape index (κ1) is 19.6. The second-order valence-corrected chi connectivity index (χ2v) is 7.57. The summed E-state index contributed by atoms with van der Waals surface area (Å²) >= 11 is 0. The largest absolute Gasteiger partial charge is 0.261 e. The molecule has 0 aliphatic heterocycles. The van der Waals surface area contributed by atoms with Crippen LogP contribution in [-0.4, -0.2) is 9.97 Å². The Hall–Kier alpha value is -3.66. The zero-order chi connectivity index (χ0) is 21.1. The maximum Gasteiger partial charge on any atom is 0.0857 e. The maximum absolute atomic E-state index is 4.39. The summed E-state index contributed by atoms with van der Waals surface area (Å²) in [6, 6.07) is 20.5. The molecule has 0 aliphatic rings. The third-order valence-corrected chi connectivity index (χ3v) is 5.12. The van der Waals surface area contributed by atoms with Crippen molar-refractivity contribution >= 4 is 11.4 Å². The first-order valence-corrected chi connectivity index (χ1v) is 9.99. The van der Waals surface area contributed by atoms with Crippen LogP contribution in [0, 0.1) is 27.7 Å². The van der Waals surface area contributed by atoms with Crippen LogP contribution in [0.3, 0.4) is 0 Å². The average Bonchev–Trinajstić information content (AvgIpc) is 2.76. The fourth-order valence-corrected chi connectivity index (χ4v) is 3.41. The highest BCUT2D eigenvalue weighted by Crippen LogP contribution is 2.28. The standard InChI is InChI=1S/C26H24N4/c1-17-15-27-19(3)13-25(17)21-5-9-23(10-6-21)29-30-24-11-7-22(8-12-24)26-14-20(4)28-16-18(26)2/h5-16H,1-4H3. The number of azo groups is 1. The predicted octanol–water partition coefficient (Wildman–Crippen LogP) is 7.46. The molecule has 4 nitrogen and oxygen atoms in total. The number of rotatable bonds is 4. The Bertz CT molecular complexity index is 1110. The van der Waals surface area contributed by atoms with Crippen molar-refractivity contribution in [3.8, 4) is 22.3 Å². The minimum absolute atomic E-state index is 0.826. The second kappa shape index (κ2) is 8.37. The predicted molar refractivity (Wildman–Crippen MR) is 122 cm³/mol. The van der Waals surface area contributed by atoms with Gasteiger partial charge >= 0.3 is 0 Å². The van der Waals surface area contributed by atoms with Crippen molar-refractivity contribution in [1.29, 1.82) is 0 Å². The highest BCUT2D eigenvalue weighted by molar-refractivity contribution is 5.69. The van der Waals surface area contributed by atoms with Crippen LogP contribution in [0.2, 0.25) is 0 Å². The first-order chi connectivity index (χ1) is 14.5.